The number of carboxylic acid groups (broad SMARTS) is 1. The molecule has 2 aromatic heterocycles. The van der Waals surface area contributed by atoms with Crippen LogP contribution in [-0.2, 0) is 24.3 Å². The molecular formula is C31H25F2N5O4. The second-order valence-electron chi connectivity index (χ2n) is 10.1. The van der Waals surface area contributed by atoms with E-state index in [4.69, 9.17) is 19.7 Å². The molecule has 1 N–H and O–H groups in total. The van der Waals surface area contributed by atoms with Crippen molar-refractivity contribution in [2.45, 2.75) is 39.0 Å². The van der Waals surface area contributed by atoms with E-state index in [0.717, 1.165) is 18.1 Å². The summed E-state index contributed by atoms with van der Waals surface area (Å²) in [5.41, 5.74) is 3.66. The molecule has 0 amide bonds. The summed E-state index contributed by atoms with van der Waals surface area (Å²) in [6, 6.07) is 15.5. The molecule has 1 aliphatic rings. The molecule has 212 valence electrons. The standard InChI is InChI=1S/C31H25F2N5O4/c1-18-10-22(13-29-35-26-5-4-20(31(39)40)12-28(26)37(29)16-23-7-9-41-23)25(33)14-27(18)38-8-6-30(36-38)42-17-21-3-2-19(15-34)11-24(21)32/h2-6,8,10-12,14,23H,7,9,13,16-17H2,1H3,(H,39,40)/t23-/m0/s1. The molecule has 1 fully saturated rings. The van der Waals surface area contributed by atoms with Crippen LogP contribution in [0.4, 0.5) is 8.78 Å². The smallest absolute Gasteiger partial charge is 0.335 e. The lowest BCUT2D eigenvalue weighted by molar-refractivity contribution is -0.0589. The molecule has 9 nitrogen and oxygen atoms in total. The second-order valence-corrected chi connectivity index (χ2v) is 10.1. The molecule has 5 aromatic rings. The number of nitrogens with zero attached hydrogens (tertiary/aromatic N) is 5. The van der Waals surface area contributed by atoms with Gasteiger partial charge in [0.05, 0.1) is 46.6 Å². The lowest BCUT2D eigenvalue weighted by Gasteiger charge is -2.27. The van der Waals surface area contributed by atoms with E-state index in [1.807, 2.05) is 17.6 Å². The first-order chi connectivity index (χ1) is 20.3. The van der Waals surface area contributed by atoms with Gasteiger partial charge < -0.3 is 19.1 Å². The van der Waals surface area contributed by atoms with Gasteiger partial charge in [-0.3, -0.25) is 0 Å². The van der Waals surface area contributed by atoms with Crippen molar-refractivity contribution < 1.29 is 28.2 Å². The Hall–Kier alpha value is -5.08. The number of aryl methyl sites for hydroxylation is 1. The zero-order chi connectivity index (χ0) is 29.4. The Morgan fingerprint density at radius 3 is 2.67 bits per heavy atom. The molecule has 42 heavy (non-hydrogen) atoms. The Bertz CT molecular complexity index is 1870. The normalized spacial score (nSPS) is 14.5. The van der Waals surface area contributed by atoms with Crippen LogP contribution in [0.25, 0.3) is 16.7 Å². The third-order valence-electron chi connectivity index (χ3n) is 7.34. The number of halogens is 2. The maximum Gasteiger partial charge on any atom is 0.335 e. The number of rotatable bonds is 9. The van der Waals surface area contributed by atoms with Crippen LogP contribution in [0, 0.1) is 29.9 Å². The first-order valence-electron chi connectivity index (χ1n) is 13.3. The molecule has 0 aliphatic carbocycles. The number of ether oxygens (including phenoxy) is 2. The van der Waals surface area contributed by atoms with E-state index < -0.39 is 17.6 Å². The van der Waals surface area contributed by atoms with Crippen LogP contribution in [0.5, 0.6) is 5.88 Å². The third kappa shape index (κ3) is 5.32. The summed E-state index contributed by atoms with van der Waals surface area (Å²) in [5, 5.41) is 22.7. The topological polar surface area (TPSA) is 115 Å². The molecule has 0 bridgehead atoms. The maximum atomic E-state index is 15.5. The molecule has 1 atom stereocenters. The van der Waals surface area contributed by atoms with Gasteiger partial charge >= 0.3 is 5.97 Å². The van der Waals surface area contributed by atoms with Crippen molar-refractivity contribution in [1.29, 1.82) is 5.26 Å². The third-order valence-corrected chi connectivity index (χ3v) is 7.34. The fourth-order valence-corrected chi connectivity index (χ4v) is 4.96. The van der Waals surface area contributed by atoms with E-state index in [2.05, 4.69) is 5.10 Å². The van der Waals surface area contributed by atoms with Gasteiger partial charge in [0, 0.05) is 36.9 Å². The monoisotopic (exact) mass is 569 g/mol. The lowest BCUT2D eigenvalue weighted by Crippen LogP contribution is -2.31. The van der Waals surface area contributed by atoms with Crippen molar-refractivity contribution >= 4 is 17.0 Å². The molecule has 1 aliphatic heterocycles. The molecule has 11 heteroatoms. The Labute approximate surface area is 239 Å². The average Bonchev–Trinajstić information content (AvgIpc) is 3.55. The largest absolute Gasteiger partial charge is 0.478 e. The number of carbonyl (C=O) groups is 1. The fourth-order valence-electron chi connectivity index (χ4n) is 4.96. The van der Waals surface area contributed by atoms with Gasteiger partial charge in [-0.05, 0) is 54.8 Å². The number of aromatic nitrogens is 4. The van der Waals surface area contributed by atoms with Crippen LogP contribution in [0.15, 0.2) is 60.8 Å². The summed E-state index contributed by atoms with van der Waals surface area (Å²) in [6.07, 6.45) is 2.70. The molecule has 3 aromatic carbocycles. The first kappa shape index (κ1) is 27.1. The summed E-state index contributed by atoms with van der Waals surface area (Å²) < 4.78 is 44.3. The van der Waals surface area contributed by atoms with Crippen LogP contribution in [0.3, 0.4) is 0 Å². The number of nitriles is 1. The van der Waals surface area contributed by atoms with Crippen LogP contribution in [0.1, 0.15) is 44.9 Å². The first-order valence-corrected chi connectivity index (χ1v) is 13.3. The van der Waals surface area contributed by atoms with Crippen molar-refractivity contribution in [2.75, 3.05) is 6.61 Å². The van der Waals surface area contributed by atoms with Gasteiger partial charge in [-0.15, -0.1) is 5.10 Å². The van der Waals surface area contributed by atoms with E-state index in [1.165, 1.54) is 28.9 Å². The number of carboxylic acids is 1. The molecule has 0 radical (unpaired) electrons. The summed E-state index contributed by atoms with van der Waals surface area (Å²) in [5.74, 6) is -1.18. The highest BCUT2D eigenvalue weighted by Gasteiger charge is 2.23. The van der Waals surface area contributed by atoms with E-state index in [9.17, 15) is 14.3 Å². The Balaban J connectivity index is 1.24. The quantitative estimate of drug-likeness (QED) is 0.255. The summed E-state index contributed by atoms with van der Waals surface area (Å²) in [4.78, 5) is 16.3. The van der Waals surface area contributed by atoms with Gasteiger partial charge in [-0.2, -0.15) is 5.26 Å². The lowest BCUT2D eigenvalue weighted by atomic mass is 10.1. The van der Waals surface area contributed by atoms with Gasteiger partial charge in [0.15, 0.2) is 0 Å². The van der Waals surface area contributed by atoms with Crippen molar-refractivity contribution in [2.24, 2.45) is 0 Å². The minimum absolute atomic E-state index is 0.00627. The van der Waals surface area contributed by atoms with Crippen molar-refractivity contribution in [3.63, 3.8) is 0 Å². The Morgan fingerprint density at radius 1 is 1.14 bits per heavy atom. The van der Waals surface area contributed by atoms with Crippen LogP contribution >= 0.6 is 0 Å². The van der Waals surface area contributed by atoms with Gasteiger partial charge in [0.2, 0.25) is 5.88 Å². The van der Waals surface area contributed by atoms with Crippen LogP contribution < -0.4 is 4.74 Å². The van der Waals surface area contributed by atoms with Gasteiger partial charge in [0.25, 0.3) is 0 Å². The van der Waals surface area contributed by atoms with Crippen molar-refractivity contribution in [3.05, 3.63) is 106 Å². The molecule has 1 saturated heterocycles. The number of imidazole rings is 1. The molecule has 6 rings (SSSR count). The van der Waals surface area contributed by atoms with E-state index in [1.54, 1.807) is 30.5 Å². The second kappa shape index (κ2) is 11.1. The van der Waals surface area contributed by atoms with Gasteiger partial charge in [-0.25, -0.2) is 23.2 Å². The van der Waals surface area contributed by atoms with E-state index >= 15 is 4.39 Å². The zero-order valence-electron chi connectivity index (χ0n) is 22.6. The summed E-state index contributed by atoms with van der Waals surface area (Å²) in [6.45, 7) is 2.93. The fraction of sp³-hybridized carbons (Fsp3) is 0.226. The predicted octanol–water partition coefficient (Wildman–Crippen LogP) is 5.34. The minimum atomic E-state index is -1.03. The number of hydrogen-bond acceptors (Lipinski definition) is 6. The highest BCUT2D eigenvalue weighted by molar-refractivity contribution is 5.92. The number of benzene rings is 3. The zero-order valence-corrected chi connectivity index (χ0v) is 22.6. The molecule has 3 heterocycles. The van der Waals surface area contributed by atoms with Crippen LogP contribution in [0.2, 0.25) is 0 Å². The molecule has 0 unspecified atom stereocenters. The molecule has 0 saturated carbocycles. The molecular weight excluding hydrogens is 544 g/mol. The minimum Gasteiger partial charge on any atom is -0.478 e. The summed E-state index contributed by atoms with van der Waals surface area (Å²) in [7, 11) is 0. The Kier molecular flexibility index (Phi) is 7.14. The van der Waals surface area contributed by atoms with E-state index in [0.29, 0.717) is 41.3 Å². The number of aromatic carboxylic acids is 1. The average molecular weight is 570 g/mol. The van der Waals surface area contributed by atoms with Crippen molar-refractivity contribution in [1.82, 2.24) is 19.3 Å². The molecule has 0 spiro atoms. The van der Waals surface area contributed by atoms with E-state index in [-0.39, 0.29) is 41.7 Å². The highest BCUT2D eigenvalue weighted by atomic mass is 19.1. The summed E-state index contributed by atoms with van der Waals surface area (Å²) >= 11 is 0. The van der Waals surface area contributed by atoms with Gasteiger partial charge in [0.1, 0.15) is 24.1 Å². The number of hydrogen-bond donors (Lipinski definition) is 1. The predicted molar refractivity (Wildman–Crippen MR) is 148 cm³/mol. The highest BCUT2D eigenvalue weighted by Crippen LogP contribution is 2.27. The Morgan fingerprint density at radius 2 is 1.95 bits per heavy atom. The van der Waals surface area contributed by atoms with Gasteiger partial charge in [-0.1, -0.05) is 12.1 Å². The maximum absolute atomic E-state index is 15.5. The van der Waals surface area contributed by atoms with Crippen LogP contribution in [-0.4, -0.2) is 43.1 Å². The van der Waals surface area contributed by atoms with Crippen molar-refractivity contribution in [3.8, 4) is 17.6 Å². The number of fused-ring (bicyclic) bond motifs is 1. The SMILES string of the molecule is Cc1cc(Cc2nc3ccc(C(=O)O)cc3n2C[C@@H]2CCO2)c(F)cc1-n1ccc(OCc2ccc(C#N)cc2F)n1.